The molecular formula is C40H40BrN3O7. The maximum atomic E-state index is 15.4. The number of carbonyl (C=O) groups is 4. The molecule has 0 unspecified atom stereocenters. The zero-order valence-electron chi connectivity index (χ0n) is 28.4. The molecule has 0 aromatic heterocycles. The lowest BCUT2D eigenvalue weighted by atomic mass is 9.74. The molecule has 10 nitrogen and oxygen atoms in total. The van der Waals surface area contributed by atoms with Crippen molar-refractivity contribution in [3.05, 3.63) is 124 Å². The maximum absolute atomic E-state index is 15.4. The third kappa shape index (κ3) is 6.21. The summed E-state index contributed by atoms with van der Waals surface area (Å²) in [5.41, 5.74) is 2.22. The Morgan fingerprint density at radius 3 is 2.41 bits per heavy atom. The predicted octanol–water partition coefficient (Wildman–Crippen LogP) is 4.99. The first-order chi connectivity index (χ1) is 24.6. The van der Waals surface area contributed by atoms with Crippen LogP contribution in [0.15, 0.2) is 102 Å². The molecule has 1 spiro atoms. The number of nitrogens with zero attached hydrogens (tertiary/aromatic N) is 2. The molecule has 3 amide bonds. The Kier molecular flexibility index (Phi) is 9.71. The largest absolute Gasteiger partial charge is 0.455 e. The van der Waals surface area contributed by atoms with Crippen molar-refractivity contribution in [1.29, 1.82) is 0 Å². The van der Waals surface area contributed by atoms with Gasteiger partial charge < -0.3 is 29.7 Å². The number of aryl methyl sites for hydroxylation is 2. The van der Waals surface area contributed by atoms with Gasteiger partial charge >= 0.3 is 5.97 Å². The molecule has 264 valence electrons. The molecule has 4 heterocycles. The number of hydrogen-bond donors (Lipinski definition) is 2. The third-order valence-corrected chi connectivity index (χ3v) is 11.1. The molecule has 0 radical (unpaired) electrons. The molecule has 0 saturated carbocycles. The van der Waals surface area contributed by atoms with Crippen molar-refractivity contribution in [2.75, 3.05) is 24.6 Å². The number of rotatable bonds is 5. The number of esters is 1. The first-order valence-electron chi connectivity index (χ1n) is 17.2. The lowest BCUT2D eigenvalue weighted by Crippen LogP contribution is -2.57. The summed E-state index contributed by atoms with van der Waals surface area (Å²) in [6.45, 7) is 3.58. The van der Waals surface area contributed by atoms with Crippen LogP contribution in [-0.2, 0) is 28.7 Å². The van der Waals surface area contributed by atoms with Crippen LogP contribution in [0.2, 0.25) is 0 Å². The minimum atomic E-state index is -1.55. The number of anilines is 1. The number of halogens is 1. The quantitative estimate of drug-likeness (QED) is 0.278. The van der Waals surface area contributed by atoms with E-state index >= 15 is 4.79 Å². The second-order valence-electron chi connectivity index (χ2n) is 13.6. The Morgan fingerprint density at radius 2 is 1.69 bits per heavy atom. The van der Waals surface area contributed by atoms with Gasteiger partial charge in [-0.05, 0) is 54.7 Å². The van der Waals surface area contributed by atoms with Gasteiger partial charge in [0.2, 0.25) is 11.8 Å². The molecule has 2 saturated heterocycles. The molecular weight excluding hydrogens is 714 g/mol. The van der Waals surface area contributed by atoms with Crippen molar-refractivity contribution >= 4 is 45.3 Å². The molecule has 4 aliphatic rings. The fourth-order valence-corrected chi connectivity index (χ4v) is 8.69. The molecule has 11 heteroatoms. The van der Waals surface area contributed by atoms with Crippen LogP contribution in [0.4, 0.5) is 5.69 Å². The Balaban J connectivity index is 1.39. The number of amides is 3. The number of benzene rings is 3. The van der Waals surface area contributed by atoms with E-state index in [1.807, 2.05) is 92.7 Å². The Bertz CT molecular complexity index is 1900. The average molecular weight is 755 g/mol. The zero-order valence-corrected chi connectivity index (χ0v) is 30.0. The summed E-state index contributed by atoms with van der Waals surface area (Å²) in [5, 5.41) is 13.8. The van der Waals surface area contributed by atoms with Gasteiger partial charge in [-0.3, -0.25) is 19.2 Å². The van der Waals surface area contributed by atoms with Gasteiger partial charge in [-0.1, -0.05) is 101 Å². The third-order valence-electron chi connectivity index (χ3n) is 10.4. The van der Waals surface area contributed by atoms with Crippen molar-refractivity contribution in [3.63, 3.8) is 0 Å². The minimum absolute atomic E-state index is 0.0333. The number of cyclic esters (lactones) is 1. The Hall–Kier alpha value is -4.58. The fraction of sp³-hybridized carbons (Fsp3) is 0.350. The first kappa shape index (κ1) is 34.9. The molecule has 7 rings (SSSR count). The van der Waals surface area contributed by atoms with Crippen LogP contribution in [-0.4, -0.2) is 71.1 Å². The van der Waals surface area contributed by atoms with Gasteiger partial charge in [-0.25, -0.2) is 0 Å². The Morgan fingerprint density at radius 1 is 0.961 bits per heavy atom. The van der Waals surface area contributed by atoms with Crippen molar-refractivity contribution in [2.24, 2.45) is 11.8 Å². The molecule has 4 aliphatic heterocycles. The lowest BCUT2D eigenvalue weighted by molar-refractivity contribution is -0.160. The van der Waals surface area contributed by atoms with Crippen LogP contribution >= 0.6 is 15.9 Å². The van der Waals surface area contributed by atoms with Crippen LogP contribution in [0.25, 0.3) is 0 Å². The van der Waals surface area contributed by atoms with Crippen LogP contribution < -0.4 is 10.2 Å². The van der Waals surface area contributed by atoms with Crippen LogP contribution in [0.5, 0.6) is 0 Å². The van der Waals surface area contributed by atoms with E-state index in [-0.39, 0.29) is 25.4 Å². The molecule has 2 fully saturated rings. The monoisotopic (exact) mass is 753 g/mol. The smallest absolute Gasteiger partial charge is 0.313 e. The van der Waals surface area contributed by atoms with E-state index in [0.29, 0.717) is 27.7 Å². The zero-order chi connectivity index (χ0) is 35.9. The second-order valence-corrected chi connectivity index (χ2v) is 14.5. The molecule has 3 aromatic carbocycles. The number of nitrogens with one attached hydrogen (secondary N) is 1. The van der Waals surface area contributed by atoms with Crippen LogP contribution in [0, 0.1) is 25.7 Å². The van der Waals surface area contributed by atoms with Crippen molar-refractivity contribution in [2.45, 2.75) is 56.6 Å². The van der Waals surface area contributed by atoms with E-state index in [9.17, 15) is 19.5 Å². The summed E-state index contributed by atoms with van der Waals surface area (Å²) in [6.07, 6.45) is 4.36. The van der Waals surface area contributed by atoms with E-state index in [0.717, 1.165) is 11.1 Å². The number of hydrogen-bond acceptors (Lipinski definition) is 7. The molecule has 0 aliphatic carbocycles. The van der Waals surface area contributed by atoms with E-state index in [2.05, 4.69) is 21.2 Å². The number of ether oxygens (including phenoxy) is 2. The summed E-state index contributed by atoms with van der Waals surface area (Å²) in [7, 11) is 0. The predicted molar refractivity (Wildman–Crippen MR) is 193 cm³/mol. The van der Waals surface area contributed by atoms with Gasteiger partial charge in [0, 0.05) is 23.1 Å². The number of likely N-dealkylation sites (tertiary alicyclic amines) is 1. The molecule has 51 heavy (non-hydrogen) atoms. The average Bonchev–Trinajstić information content (AvgIpc) is 3.73. The van der Waals surface area contributed by atoms with E-state index in [4.69, 9.17) is 9.47 Å². The van der Waals surface area contributed by atoms with Crippen molar-refractivity contribution in [3.8, 4) is 0 Å². The minimum Gasteiger partial charge on any atom is -0.455 e. The van der Waals surface area contributed by atoms with Crippen molar-refractivity contribution < 1.29 is 33.8 Å². The van der Waals surface area contributed by atoms with E-state index < -0.39 is 66.1 Å². The molecule has 2 N–H and O–H groups in total. The van der Waals surface area contributed by atoms with Gasteiger partial charge in [-0.15, -0.1) is 0 Å². The van der Waals surface area contributed by atoms with Crippen molar-refractivity contribution in [1.82, 2.24) is 10.2 Å². The van der Waals surface area contributed by atoms with Gasteiger partial charge in [0.15, 0.2) is 0 Å². The standard InChI is InChI=1S/C40H40BrN3O7/c1-24-17-18-25(2)29(20-24)43-19-11-5-10-16-32(46)42-22-31(27-14-8-4-9-15-27)50-39(49)33-34-37(47)44(30(23-45)26-12-6-3-7-13-26)36(38(43)48)40(34)21-28(41)35(33)51-40/h3-9,11-15,17-18,20-21,30-31,33-36,45H,10,16,19,22-23H2,1-2H3,(H,42,46)/b11-5-/t30-,31-,33-,34+,35-,36-,40+/m1/s1. The highest BCUT2D eigenvalue weighted by Gasteiger charge is 2.75. The van der Waals surface area contributed by atoms with Gasteiger partial charge in [0.1, 0.15) is 29.8 Å². The summed E-state index contributed by atoms with van der Waals surface area (Å²) in [6, 6.07) is 21.9. The van der Waals surface area contributed by atoms with E-state index in [1.165, 1.54) is 4.90 Å². The number of carbonyl (C=O) groups excluding carboxylic acids is 4. The number of aliphatic hydroxyl groups excluding tert-OH is 1. The summed E-state index contributed by atoms with van der Waals surface area (Å²) < 4.78 is 13.4. The van der Waals surface area contributed by atoms with Crippen LogP contribution in [0.3, 0.4) is 0 Å². The fourth-order valence-electron chi connectivity index (χ4n) is 7.96. The topological polar surface area (TPSA) is 125 Å². The number of fused-ring (bicyclic) bond motifs is 2. The molecule has 3 aromatic rings. The van der Waals surface area contributed by atoms with Crippen LogP contribution in [0.1, 0.15) is 47.2 Å². The van der Waals surface area contributed by atoms with Gasteiger partial charge in [0.25, 0.3) is 5.91 Å². The molecule has 5 bridgehead atoms. The summed E-state index contributed by atoms with van der Waals surface area (Å²) in [5.74, 6) is -4.04. The maximum Gasteiger partial charge on any atom is 0.313 e. The summed E-state index contributed by atoms with van der Waals surface area (Å²) in [4.78, 5) is 60.8. The number of aliphatic hydroxyl groups is 1. The highest BCUT2D eigenvalue weighted by atomic mass is 79.9. The second kappa shape index (κ2) is 14.2. The SMILES string of the molecule is Cc1ccc(C)c(N2C/C=C\CCC(=O)NC[C@H](c3ccccc3)OC(=O)[C@H]3[C@@H]4O[C@@]5(C=C4Br)[C@@H]3C(=O)N([C@H](CO)c3ccccc3)[C@@H]5C2=O)c1. The highest BCUT2D eigenvalue weighted by molar-refractivity contribution is 9.11. The summed E-state index contributed by atoms with van der Waals surface area (Å²) >= 11 is 3.62. The first-order valence-corrected chi connectivity index (χ1v) is 18.0. The highest BCUT2D eigenvalue weighted by Crippen LogP contribution is 2.60. The normalized spacial score (nSPS) is 29.3. The van der Waals surface area contributed by atoms with Gasteiger partial charge in [-0.2, -0.15) is 0 Å². The number of allylic oxidation sites excluding steroid dienone is 1. The van der Waals surface area contributed by atoms with E-state index in [1.54, 1.807) is 23.1 Å². The lowest BCUT2D eigenvalue weighted by Gasteiger charge is -2.39. The Labute approximate surface area is 305 Å². The van der Waals surface area contributed by atoms with Gasteiger partial charge in [0.05, 0.1) is 25.1 Å². The molecule has 7 atom stereocenters.